The molecule has 0 saturated carbocycles. The Bertz CT molecular complexity index is 301. The van der Waals surface area contributed by atoms with E-state index in [1.165, 1.54) is 96.3 Å². The van der Waals surface area contributed by atoms with Gasteiger partial charge in [-0.05, 0) is 12.8 Å². The lowest BCUT2D eigenvalue weighted by atomic mass is 10.0. The van der Waals surface area contributed by atoms with E-state index in [0.29, 0.717) is 12.8 Å². The number of hydrogen-bond donors (Lipinski definition) is 1. The molecule has 0 rings (SSSR count). The van der Waals surface area contributed by atoms with Crippen LogP contribution in [-0.4, -0.2) is 17.0 Å². The minimum atomic E-state index is -0.701. The molecular formula is C25H50O2. The summed E-state index contributed by atoms with van der Waals surface area (Å²) >= 11 is 0. The van der Waals surface area contributed by atoms with Gasteiger partial charge >= 0.3 is 0 Å². The zero-order valence-electron chi connectivity index (χ0n) is 18.8. The Labute approximate surface area is 170 Å². The number of unbranched alkanes of at least 4 members (excludes halogenated alkanes) is 17. The predicted octanol–water partition coefficient (Wildman–Crippen LogP) is 8.15. The molecule has 1 unspecified atom stereocenters. The summed E-state index contributed by atoms with van der Waals surface area (Å²) in [4.78, 5) is 12.0. The number of aliphatic hydroxyl groups excluding tert-OH is 1. The molecule has 2 heteroatoms. The molecule has 0 aliphatic rings. The van der Waals surface area contributed by atoms with Gasteiger partial charge in [-0.15, -0.1) is 0 Å². The first kappa shape index (κ1) is 26.6. The highest BCUT2D eigenvalue weighted by molar-refractivity contribution is 5.82. The molecule has 0 aliphatic heterocycles. The predicted molar refractivity (Wildman–Crippen MR) is 119 cm³/mol. The van der Waals surface area contributed by atoms with Gasteiger partial charge in [0.1, 0.15) is 6.10 Å². The van der Waals surface area contributed by atoms with Crippen LogP contribution in [0.5, 0.6) is 0 Å². The molecule has 162 valence electrons. The van der Waals surface area contributed by atoms with E-state index in [1.54, 1.807) is 0 Å². The highest BCUT2D eigenvalue weighted by atomic mass is 16.3. The fourth-order valence-corrected chi connectivity index (χ4v) is 3.76. The number of carbonyl (C=O) groups is 1. The van der Waals surface area contributed by atoms with Crippen molar-refractivity contribution in [3.8, 4) is 0 Å². The molecule has 2 nitrogen and oxygen atoms in total. The second-order valence-corrected chi connectivity index (χ2v) is 8.53. The maximum Gasteiger partial charge on any atom is 0.161 e. The molecule has 0 heterocycles. The van der Waals surface area contributed by atoms with Gasteiger partial charge in [0.05, 0.1) is 0 Å². The van der Waals surface area contributed by atoms with Gasteiger partial charge in [-0.2, -0.15) is 0 Å². The number of aliphatic hydroxyl groups is 1. The zero-order chi connectivity index (χ0) is 20.0. The minimum absolute atomic E-state index is 0.0777. The van der Waals surface area contributed by atoms with Crippen molar-refractivity contribution >= 4 is 5.78 Å². The molecule has 27 heavy (non-hydrogen) atoms. The van der Waals surface area contributed by atoms with Crippen LogP contribution in [0.15, 0.2) is 0 Å². The average Bonchev–Trinajstić information content (AvgIpc) is 2.67. The van der Waals surface area contributed by atoms with Gasteiger partial charge in [-0.25, -0.2) is 0 Å². The van der Waals surface area contributed by atoms with Crippen LogP contribution in [0.1, 0.15) is 149 Å². The topological polar surface area (TPSA) is 37.3 Å². The average molecular weight is 383 g/mol. The van der Waals surface area contributed by atoms with Crippen molar-refractivity contribution in [2.45, 2.75) is 155 Å². The Morgan fingerprint density at radius 3 is 1.30 bits per heavy atom. The third-order valence-electron chi connectivity index (χ3n) is 5.73. The molecule has 0 fully saturated rings. The van der Waals surface area contributed by atoms with Crippen LogP contribution in [0.2, 0.25) is 0 Å². The number of ketones is 1. The monoisotopic (exact) mass is 382 g/mol. The van der Waals surface area contributed by atoms with Crippen molar-refractivity contribution in [2.75, 3.05) is 0 Å². The second kappa shape index (κ2) is 21.9. The first-order valence-electron chi connectivity index (χ1n) is 12.4. The van der Waals surface area contributed by atoms with Crippen LogP contribution in [0.25, 0.3) is 0 Å². The van der Waals surface area contributed by atoms with Crippen LogP contribution in [-0.2, 0) is 4.79 Å². The van der Waals surface area contributed by atoms with Gasteiger partial charge in [0, 0.05) is 6.42 Å². The largest absolute Gasteiger partial charge is 0.385 e. The third-order valence-corrected chi connectivity index (χ3v) is 5.73. The highest BCUT2D eigenvalue weighted by Gasteiger charge is 2.13. The number of Topliss-reactive ketones (excluding diaryl/α,β-unsaturated/α-hetero) is 1. The summed E-state index contributed by atoms with van der Waals surface area (Å²) in [5.41, 5.74) is 0. The Morgan fingerprint density at radius 1 is 0.556 bits per heavy atom. The molecule has 0 spiro atoms. The van der Waals surface area contributed by atoms with Crippen molar-refractivity contribution in [1.82, 2.24) is 0 Å². The maximum atomic E-state index is 12.0. The summed E-state index contributed by atoms with van der Waals surface area (Å²) in [7, 11) is 0. The van der Waals surface area contributed by atoms with Gasteiger partial charge in [0.25, 0.3) is 0 Å². The molecule has 0 radical (unpaired) electrons. The van der Waals surface area contributed by atoms with E-state index in [2.05, 4.69) is 13.8 Å². The van der Waals surface area contributed by atoms with Gasteiger partial charge in [-0.3, -0.25) is 4.79 Å². The van der Waals surface area contributed by atoms with Gasteiger partial charge in [-0.1, -0.05) is 129 Å². The molecule has 0 aromatic rings. The third kappa shape index (κ3) is 20.2. The molecule has 1 N–H and O–H groups in total. The van der Waals surface area contributed by atoms with Gasteiger partial charge < -0.3 is 5.11 Å². The van der Waals surface area contributed by atoms with E-state index in [4.69, 9.17) is 0 Å². The van der Waals surface area contributed by atoms with Crippen LogP contribution in [0.4, 0.5) is 0 Å². The Balaban J connectivity index is 3.32. The molecular weight excluding hydrogens is 332 g/mol. The molecule has 0 bridgehead atoms. The number of hydrogen-bond acceptors (Lipinski definition) is 2. The molecule has 1 atom stereocenters. The van der Waals surface area contributed by atoms with E-state index >= 15 is 0 Å². The second-order valence-electron chi connectivity index (χ2n) is 8.53. The summed E-state index contributed by atoms with van der Waals surface area (Å²) in [5, 5.41) is 10.0. The lowest BCUT2D eigenvalue weighted by Crippen LogP contribution is -2.19. The number of rotatable bonds is 22. The molecule has 0 aliphatic carbocycles. The lowest BCUT2D eigenvalue weighted by molar-refractivity contribution is -0.127. The first-order valence-corrected chi connectivity index (χ1v) is 12.4. The van der Waals surface area contributed by atoms with E-state index in [0.717, 1.165) is 25.7 Å². The summed E-state index contributed by atoms with van der Waals surface area (Å²) in [6.07, 6.45) is 24.9. The van der Waals surface area contributed by atoms with Crippen molar-refractivity contribution in [1.29, 1.82) is 0 Å². The first-order chi connectivity index (χ1) is 13.2. The summed E-state index contributed by atoms with van der Waals surface area (Å²) < 4.78 is 0. The molecule has 0 saturated heterocycles. The Kier molecular flexibility index (Phi) is 21.6. The van der Waals surface area contributed by atoms with Crippen molar-refractivity contribution in [3.05, 3.63) is 0 Å². The van der Waals surface area contributed by atoms with Crippen LogP contribution in [0, 0.1) is 0 Å². The Morgan fingerprint density at radius 2 is 0.889 bits per heavy atom. The van der Waals surface area contributed by atoms with Crippen molar-refractivity contribution in [3.63, 3.8) is 0 Å². The molecule has 0 aromatic carbocycles. The smallest absolute Gasteiger partial charge is 0.161 e. The lowest BCUT2D eigenvalue weighted by Gasteiger charge is -2.09. The summed E-state index contributed by atoms with van der Waals surface area (Å²) in [6, 6.07) is 0. The SMILES string of the molecule is CCCCCCCCCCCCC(O)C(=O)CCCCCCCCCCC. The van der Waals surface area contributed by atoms with Gasteiger partial charge in [0.15, 0.2) is 5.78 Å². The fraction of sp³-hybridized carbons (Fsp3) is 0.960. The Hall–Kier alpha value is -0.370. The molecule has 0 amide bonds. The van der Waals surface area contributed by atoms with Gasteiger partial charge in [0.2, 0.25) is 0 Å². The van der Waals surface area contributed by atoms with E-state index in [9.17, 15) is 9.90 Å². The standard InChI is InChI=1S/C25H50O2/c1-3-5-7-9-11-13-15-17-19-21-23-25(27)24(26)22-20-18-16-14-12-10-8-6-4-2/h25,27H,3-23H2,1-2H3. The van der Waals surface area contributed by atoms with Crippen molar-refractivity contribution in [2.24, 2.45) is 0 Å². The maximum absolute atomic E-state index is 12.0. The van der Waals surface area contributed by atoms with Crippen molar-refractivity contribution < 1.29 is 9.90 Å². The quantitative estimate of drug-likeness (QED) is 0.192. The summed E-state index contributed by atoms with van der Waals surface area (Å²) in [5.74, 6) is 0.0777. The van der Waals surface area contributed by atoms with E-state index in [1.807, 2.05) is 0 Å². The highest BCUT2D eigenvalue weighted by Crippen LogP contribution is 2.14. The molecule has 0 aromatic heterocycles. The van der Waals surface area contributed by atoms with Crippen LogP contribution in [0.3, 0.4) is 0 Å². The van der Waals surface area contributed by atoms with E-state index < -0.39 is 6.10 Å². The van der Waals surface area contributed by atoms with Crippen LogP contribution >= 0.6 is 0 Å². The number of carbonyl (C=O) groups excluding carboxylic acids is 1. The minimum Gasteiger partial charge on any atom is -0.385 e. The van der Waals surface area contributed by atoms with E-state index in [-0.39, 0.29) is 5.78 Å². The normalized spacial score (nSPS) is 12.4. The summed E-state index contributed by atoms with van der Waals surface area (Å²) in [6.45, 7) is 4.51. The fourth-order valence-electron chi connectivity index (χ4n) is 3.76. The zero-order valence-corrected chi connectivity index (χ0v) is 18.8. The van der Waals surface area contributed by atoms with Crippen LogP contribution < -0.4 is 0 Å².